The average molecular weight is 494 g/mol. The molecule has 7 atom stereocenters. The van der Waals surface area contributed by atoms with Crippen molar-refractivity contribution in [1.82, 2.24) is 10.2 Å². The van der Waals surface area contributed by atoms with Crippen molar-refractivity contribution in [3.8, 4) is 0 Å². The molecule has 2 bridgehead atoms. The molecule has 0 aromatic heterocycles. The van der Waals surface area contributed by atoms with Crippen LogP contribution in [0.2, 0.25) is 0 Å². The maximum atomic E-state index is 13.8. The first-order valence-electron chi connectivity index (χ1n) is 13.5. The molecule has 0 radical (unpaired) electrons. The monoisotopic (exact) mass is 493 g/mol. The summed E-state index contributed by atoms with van der Waals surface area (Å²) in [5.41, 5.74) is 0.770. The van der Waals surface area contributed by atoms with Crippen LogP contribution in [-0.2, 0) is 19.1 Å². The maximum Gasteiger partial charge on any atom is 0.246 e. The number of carbonyl (C=O) groups is 3. The highest BCUT2D eigenvalue weighted by Gasteiger charge is 2.73. The van der Waals surface area contributed by atoms with E-state index < -0.39 is 29.6 Å². The zero-order valence-electron chi connectivity index (χ0n) is 22.0. The maximum absolute atomic E-state index is 13.8. The molecule has 4 aliphatic rings. The van der Waals surface area contributed by atoms with Crippen molar-refractivity contribution in [1.29, 1.82) is 0 Å². The third-order valence-corrected chi connectivity index (χ3v) is 8.70. The highest BCUT2D eigenvalue weighted by molar-refractivity contribution is 6.02. The van der Waals surface area contributed by atoms with Crippen LogP contribution in [0.4, 0.5) is 5.69 Å². The van der Waals surface area contributed by atoms with Crippen LogP contribution in [0.25, 0.3) is 0 Å². The van der Waals surface area contributed by atoms with E-state index in [1.54, 1.807) is 4.90 Å². The molecule has 3 heterocycles. The molecule has 7 nitrogen and oxygen atoms in total. The Morgan fingerprint density at radius 2 is 1.75 bits per heavy atom. The van der Waals surface area contributed by atoms with Crippen LogP contribution in [0.15, 0.2) is 36.4 Å². The van der Waals surface area contributed by atoms with Crippen molar-refractivity contribution >= 4 is 23.4 Å². The second-order valence-electron chi connectivity index (χ2n) is 11.7. The van der Waals surface area contributed by atoms with Crippen LogP contribution in [0.5, 0.6) is 0 Å². The van der Waals surface area contributed by atoms with E-state index in [1.165, 1.54) is 12.0 Å². The van der Waals surface area contributed by atoms with Crippen molar-refractivity contribution in [2.24, 2.45) is 17.8 Å². The lowest BCUT2D eigenvalue weighted by Gasteiger charge is -2.37. The van der Waals surface area contributed by atoms with Gasteiger partial charge >= 0.3 is 0 Å². The quantitative estimate of drug-likeness (QED) is 0.587. The van der Waals surface area contributed by atoms with Crippen LogP contribution in [0, 0.1) is 17.8 Å². The lowest BCUT2D eigenvalue weighted by atomic mass is 9.74. The molecule has 2 N–H and O–H groups in total. The van der Waals surface area contributed by atoms with Gasteiger partial charge in [-0.05, 0) is 56.2 Å². The Morgan fingerprint density at radius 3 is 2.39 bits per heavy atom. The topological polar surface area (TPSA) is 87.7 Å². The molecule has 194 valence electrons. The summed E-state index contributed by atoms with van der Waals surface area (Å²) in [6.07, 6.45) is 7.54. The van der Waals surface area contributed by atoms with Gasteiger partial charge in [0.1, 0.15) is 11.6 Å². The summed E-state index contributed by atoms with van der Waals surface area (Å²) < 4.78 is 6.41. The summed E-state index contributed by atoms with van der Waals surface area (Å²) in [7, 11) is 0. The van der Waals surface area contributed by atoms with E-state index in [9.17, 15) is 14.4 Å². The van der Waals surface area contributed by atoms with Gasteiger partial charge in [-0.25, -0.2) is 0 Å². The van der Waals surface area contributed by atoms with Crippen molar-refractivity contribution in [2.75, 3.05) is 5.32 Å². The van der Waals surface area contributed by atoms with Crippen molar-refractivity contribution in [3.63, 3.8) is 0 Å². The molecule has 2 saturated heterocycles. The molecule has 5 unspecified atom stereocenters. The van der Waals surface area contributed by atoms with Crippen molar-refractivity contribution in [3.05, 3.63) is 42.0 Å². The minimum atomic E-state index is -1.11. The highest BCUT2D eigenvalue weighted by Crippen LogP contribution is 2.55. The molecule has 1 saturated carbocycles. The Bertz CT molecular complexity index is 1060. The average Bonchev–Trinajstić information content (AvgIpc) is 3.48. The van der Waals surface area contributed by atoms with Crippen LogP contribution < -0.4 is 10.6 Å². The molecule has 1 aromatic carbocycles. The SMILES string of the molecule is CC(C)c1ccc(NC(=O)C2[C@@H]3C=CC4(O3)C(C(=O)NC3CCCCC3C)N(C(C)C)C(=O)[C@H]24)cc1. The first kappa shape index (κ1) is 25.0. The van der Waals surface area contributed by atoms with E-state index >= 15 is 0 Å². The minimum Gasteiger partial charge on any atom is -0.359 e. The normalized spacial score (nSPS) is 35.0. The van der Waals surface area contributed by atoms with E-state index in [2.05, 4.69) is 31.4 Å². The molecule has 1 aliphatic carbocycles. The summed E-state index contributed by atoms with van der Waals surface area (Å²) in [5.74, 6) is -1.19. The van der Waals surface area contributed by atoms with Gasteiger partial charge in [0.2, 0.25) is 17.7 Å². The van der Waals surface area contributed by atoms with Gasteiger partial charge in [0.05, 0.1) is 17.9 Å². The van der Waals surface area contributed by atoms with Crippen LogP contribution in [-0.4, -0.2) is 52.5 Å². The van der Waals surface area contributed by atoms with E-state index in [1.807, 2.05) is 50.3 Å². The molecule has 5 rings (SSSR count). The third-order valence-electron chi connectivity index (χ3n) is 8.70. The first-order valence-corrected chi connectivity index (χ1v) is 13.5. The number of nitrogens with one attached hydrogen (secondary N) is 2. The van der Waals surface area contributed by atoms with E-state index in [4.69, 9.17) is 4.74 Å². The number of fused-ring (bicyclic) bond motifs is 1. The lowest BCUT2D eigenvalue weighted by molar-refractivity contribution is -0.143. The number of amides is 3. The van der Waals surface area contributed by atoms with Gasteiger partial charge in [-0.2, -0.15) is 0 Å². The fourth-order valence-electron chi connectivity index (χ4n) is 6.73. The molecule has 7 heteroatoms. The Labute approximate surface area is 214 Å². The van der Waals surface area contributed by atoms with Gasteiger partial charge in [-0.3, -0.25) is 14.4 Å². The fraction of sp³-hybridized carbons (Fsp3) is 0.621. The fourth-order valence-corrected chi connectivity index (χ4v) is 6.73. The summed E-state index contributed by atoms with van der Waals surface area (Å²) >= 11 is 0. The van der Waals surface area contributed by atoms with E-state index in [-0.39, 0.29) is 29.8 Å². The smallest absolute Gasteiger partial charge is 0.246 e. The predicted molar refractivity (Wildman–Crippen MR) is 138 cm³/mol. The Balaban J connectivity index is 1.40. The Kier molecular flexibility index (Phi) is 6.48. The zero-order chi connectivity index (χ0) is 25.8. The number of likely N-dealkylation sites (tertiary alicyclic amines) is 1. The number of anilines is 1. The Hall–Kier alpha value is -2.67. The van der Waals surface area contributed by atoms with Gasteiger partial charge < -0.3 is 20.3 Å². The van der Waals surface area contributed by atoms with E-state index in [0.717, 1.165) is 19.3 Å². The van der Waals surface area contributed by atoms with Gasteiger partial charge in [-0.15, -0.1) is 0 Å². The van der Waals surface area contributed by atoms with Gasteiger partial charge in [0, 0.05) is 17.8 Å². The Morgan fingerprint density at radius 1 is 1.06 bits per heavy atom. The molecule has 3 amide bonds. The van der Waals surface area contributed by atoms with Crippen molar-refractivity contribution in [2.45, 2.75) is 96.1 Å². The second kappa shape index (κ2) is 9.33. The third kappa shape index (κ3) is 3.96. The number of ether oxygens (including phenoxy) is 1. The number of hydrogen-bond acceptors (Lipinski definition) is 4. The van der Waals surface area contributed by atoms with Gasteiger partial charge in [-0.1, -0.05) is 57.9 Å². The van der Waals surface area contributed by atoms with E-state index in [0.29, 0.717) is 17.5 Å². The lowest BCUT2D eigenvalue weighted by Crippen LogP contribution is -2.58. The number of benzene rings is 1. The van der Waals surface area contributed by atoms with Crippen molar-refractivity contribution < 1.29 is 19.1 Å². The second-order valence-corrected chi connectivity index (χ2v) is 11.7. The van der Waals surface area contributed by atoms with Crippen LogP contribution in [0.1, 0.15) is 71.8 Å². The largest absolute Gasteiger partial charge is 0.359 e. The predicted octanol–water partition coefficient (Wildman–Crippen LogP) is 4.00. The number of nitrogens with zero attached hydrogens (tertiary/aromatic N) is 1. The molecular weight excluding hydrogens is 454 g/mol. The zero-order valence-corrected chi connectivity index (χ0v) is 22.0. The van der Waals surface area contributed by atoms with Crippen LogP contribution in [0.3, 0.4) is 0 Å². The number of rotatable bonds is 6. The summed E-state index contributed by atoms with van der Waals surface area (Å²) in [5, 5.41) is 6.26. The summed E-state index contributed by atoms with van der Waals surface area (Å²) in [4.78, 5) is 42.8. The standard InChI is InChI=1S/C29H39N3O4/c1-16(2)19-10-12-20(13-11-19)30-26(33)23-22-14-15-29(36-22)24(23)28(35)32(17(3)4)25(29)27(34)31-21-9-7-6-8-18(21)5/h10-18,21-25H,6-9H2,1-5H3,(H,30,33)(H,31,34)/t18?,21?,22-,23?,24-,25?,29?/m0/s1. The first-order chi connectivity index (χ1) is 17.1. The number of hydrogen-bond donors (Lipinski definition) is 2. The highest BCUT2D eigenvalue weighted by atomic mass is 16.5. The molecule has 3 aliphatic heterocycles. The molecule has 36 heavy (non-hydrogen) atoms. The molecule has 1 aromatic rings. The molecule has 1 spiro atoms. The minimum absolute atomic E-state index is 0.0984. The molecular formula is C29H39N3O4. The van der Waals surface area contributed by atoms with Gasteiger partial charge in [0.25, 0.3) is 0 Å². The summed E-state index contributed by atoms with van der Waals surface area (Å²) in [6, 6.07) is 6.92. The summed E-state index contributed by atoms with van der Waals surface area (Å²) in [6.45, 7) is 10.3. The van der Waals surface area contributed by atoms with Crippen LogP contribution >= 0.6 is 0 Å². The van der Waals surface area contributed by atoms with Gasteiger partial charge in [0.15, 0.2) is 0 Å². The molecule has 3 fully saturated rings. The number of carbonyl (C=O) groups excluding carboxylic acids is 3.